The molecule has 0 atom stereocenters. The first kappa shape index (κ1) is 23.8. The number of carbonyl (C=O) groups is 1. The molecule has 0 spiro atoms. The van der Waals surface area contributed by atoms with E-state index in [1.54, 1.807) is 0 Å². The second kappa shape index (κ2) is 9.95. The van der Waals surface area contributed by atoms with Gasteiger partial charge in [-0.05, 0) is 57.9 Å². The highest BCUT2D eigenvalue weighted by atomic mass is 19.1. The van der Waals surface area contributed by atoms with Gasteiger partial charge < -0.3 is 10.2 Å². The number of hydrogen-bond donors (Lipinski definition) is 1. The van der Waals surface area contributed by atoms with Gasteiger partial charge in [-0.2, -0.15) is 10.2 Å². The molecule has 3 aromatic heterocycles. The van der Waals surface area contributed by atoms with E-state index in [0.717, 1.165) is 67.7 Å². The third-order valence-corrected chi connectivity index (χ3v) is 7.51. The molecule has 5 rings (SSSR count). The summed E-state index contributed by atoms with van der Waals surface area (Å²) in [7, 11) is 1.94. The molecular weight excluding hydrogens is 445 g/mol. The van der Waals surface area contributed by atoms with Crippen molar-refractivity contribution in [3.63, 3.8) is 0 Å². The molecule has 0 radical (unpaired) electrons. The highest BCUT2D eigenvalue weighted by molar-refractivity contribution is 5.89. The minimum Gasteiger partial charge on any atom is -0.366 e. The summed E-state index contributed by atoms with van der Waals surface area (Å²) in [5.41, 5.74) is 6.92. The highest BCUT2D eigenvalue weighted by Gasteiger charge is 2.30. The van der Waals surface area contributed by atoms with Crippen LogP contribution >= 0.6 is 0 Å². The lowest BCUT2D eigenvalue weighted by Crippen LogP contribution is -2.32. The number of aromatic nitrogens is 5. The van der Waals surface area contributed by atoms with Crippen molar-refractivity contribution in [3.05, 3.63) is 34.9 Å². The first-order valence-corrected chi connectivity index (χ1v) is 12.9. The van der Waals surface area contributed by atoms with Gasteiger partial charge in [-0.3, -0.25) is 14.2 Å². The summed E-state index contributed by atoms with van der Waals surface area (Å²) in [4.78, 5) is 19.0. The first-order chi connectivity index (χ1) is 16.9. The standard InChI is InChI=1S/C26H36FN7O/c1-17-11-24(21-15-29-32(3)26(21)30-17)33-10-7-23-22(16-33)18(2)31-34(23)9-6-4-5-8-28-25(35)14-19-12-20(27)13-19/h11,15,19-20H,4-10,12-14,16H2,1-3H3,(H,28,35). The van der Waals surface area contributed by atoms with E-state index in [1.165, 1.54) is 16.9 Å². The largest absolute Gasteiger partial charge is 0.366 e. The Morgan fingerprint density at radius 3 is 2.86 bits per heavy atom. The number of hydrogen-bond acceptors (Lipinski definition) is 5. The maximum Gasteiger partial charge on any atom is 0.220 e. The van der Waals surface area contributed by atoms with Crippen molar-refractivity contribution in [3.8, 4) is 0 Å². The Kier molecular flexibility index (Phi) is 6.75. The van der Waals surface area contributed by atoms with Gasteiger partial charge in [0.1, 0.15) is 6.17 Å². The van der Waals surface area contributed by atoms with Gasteiger partial charge in [-0.25, -0.2) is 9.37 Å². The fourth-order valence-electron chi connectivity index (χ4n) is 5.48. The van der Waals surface area contributed by atoms with Crippen LogP contribution in [0.5, 0.6) is 0 Å². The molecule has 1 N–H and O–H groups in total. The SMILES string of the molecule is Cc1cc(N2CCc3c(c(C)nn3CCCCCNC(=O)CC3CC(F)C3)C2)c2cnn(C)c2n1. The number of nitrogens with zero attached hydrogens (tertiary/aromatic N) is 6. The minimum absolute atomic E-state index is 0.0659. The first-order valence-electron chi connectivity index (χ1n) is 12.9. The number of alkyl halides is 1. The average Bonchev–Trinajstić information content (AvgIpc) is 3.34. The Morgan fingerprint density at radius 1 is 1.23 bits per heavy atom. The van der Waals surface area contributed by atoms with E-state index in [0.29, 0.717) is 25.8 Å². The molecular formula is C26H36FN7O. The Bertz CT molecular complexity index is 1210. The van der Waals surface area contributed by atoms with E-state index >= 15 is 0 Å². The molecule has 1 fully saturated rings. The van der Waals surface area contributed by atoms with Crippen LogP contribution in [0.2, 0.25) is 0 Å². The molecule has 35 heavy (non-hydrogen) atoms. The summed E-state index contributed by atoms with van der Waals surface area (Å²) < 4.78 is 16.9. The molecule has 1 aliphatic carbocycles. The summed E-state index contributed by atoms with van der Waals surface area (Å²) in [6.07, 6.45) is 6.81. The summed E-state index contributed by atoms with van der Waals surface area (Å²) in [6, 6.07) is 2.16. The van der Waals surface area contributed by atoms with Crippen LogP contribution < -0.4 is 10.2 Å². The molecule has 0 aromatic carbocycles. The zero-order valence-corrected chi connectivity index (χ0v) is 21.1. The Balaban J connectivity index is 1.13. The molecule has 9 heteroatoms. The molecule has 0 unspecified atom stereocenters. The van der Waals surface area contributed by atoms with E-state index in [4.69, 9.17) is 5.10 Å². The van der Waals surface area contributed by atoms with Crippen molar-refractivity contribution >= 4 is 22.6 Å². The van der Waals surface area contributed by atoms with Crippen molar-refractivity contribution in [1.29, 1.82) is 0 Å². The highest BCUT2D eigenvalue weighted by Crippen LogP contribution is 2.33. The Labute approximate surface area is 205 Å². The predicted molar refractivity (Wildman–Crippen MR) is 134 cm³/mol. The van der Waals surface area contributed by atoms with Gasteiger partial charge in [0.25, 0.3) is 0 Å². The lowest BCUT2D eigenvalue weighted by Gasteiger charge is -2.30. The fraction of sp³-hybridized carbons (Fsp3) is 0.615. The number of halogens is 1. The molecule has 8 nitrogen and oxygen atoms in total. The van der Waals surface area contributed by atoms with E-state index in [9.17, 15) is 9.18 Å². The second-order valence-corrected chi connectivity index (χ2v) is 10.2. The zero-order chi connectivity index (χ0) is 24.5. The van der Waals surface area contributed by atoms with Crippen molar-refractivity contribution in [2.75, 3.05) is 18.0 Å². The van der Waals surface area contributed by atoms with E-state index in [-0.39, 0.29) is 11.8 Å². The second-order valence-electron chi connectivity index (χ2n) is 10.2. The van der Waals surface area contributed by atoms with Gasteiger partial charge in [-0.15, -0.1) is 0 Å². The molecule has 1 saturated carbocycles. The van der Waals surface area contributed by atoms with E-state index < -0.39 is 6.17 Å². The van der Waals surface area contributed by atoms with Crippen molar-refractivity contribution < 1.29 is 9.18 Å². The summed E-state index contributed by atoms with van der Waals surface area (Å²) in [6.45, 7) is 7.55. The molecule has 1 aliphatic heterocycles. The average molecular weight is 482 g/mol. The van der Waals surface area contributed by atoms with Crippen LogP contribution in [0.4, 0.5) is 10.1 Å². The maximum absolute atomic E-state index is 12.9. The van der Waals surface area contributed by atoms with Crippen LogP contribution in [0, 0.1) is 19.8 Å². The van der Waals surface area contributed by atoms with Crippen LogP contribution in [0.25, 0.3) is 11.0 Å². The summed E-state index contributed by atoms with van der Waals surface area (Å²) in [5.74, 6) is 0.310. The monoisotopic (exact) mass is 481 g/mol. The Morgan fingerprint density at radius 2 is 2.06 bits per heavy atom. The van der Waals surface area contributed by atoms with Crippen LogP contribution in [-0.2, 0) is 31.4 Å². The fourth-order valence-corrected chi connectivity index (χ4v) is 5.48. The number of pyridine rings is 1. The lowest BCUT2D eigenvalue weighted by molar-refractivity contribution is -0.123. The topological polar surface area (TPSA) is 80.9 Å². The quantitative estimate of drug-likeness (QED) is 0.471. The third kappa shape index (κ3) is 5.04. The normalized spacial score (nSPS) is 19.6. The molecule has 4 heterocycles. The Hall–Kier alpha value is -2.97. The number of unbranched alkanes of at least 4 members (excludes halogenated alkanes) is 2. The number of fused-ring (bicyclic) bond motifs is 2. The van der Waals surface area contributed by atoms with Gasteiger partial charge >= 0.3 is 0 Å². The molecule has 188 valence electrons. The molecule has 1 amide bonds. The lowest BCUT2D eigenvalue weighted by atomic mass is 9.81. The molecule has 0 saturated heterocycles. The number of carbonyl (C=O) groups excluding carboxylic acids is 1. The summed E-state index contributed by atoms with van der Waals surface area (Å²) in [5, 5.41) is 13.4. The van der Waals surface area contributed by atoms with Crippen LogP contribution in [-0.4, -0.2) is 49.7 Å². The van der Waals surface area contributed by atoms with E-state index in [1.807, 2.05) is 24.9 Å². The number of anilines is 1. The third-order valence-electron chi connectivity index (χ3n) is 7.51. The van der Waals surface area contributed by atoms with Gasteiger partial charge in [0.2, 0.25) is 5.91 Å². The van der Waals surface area contributed by atoms with Crippen LogP contribution in [0.3, 0.4) is 0 Å². The van der Waals surface area contributed by atoms with Gasteiger partial charge in [0, 0.05) is 63.0 Å². The molecule has 0 bridgehead atoms. The van der Waals surface area contributed by atoms with E-state index in [2.05, 4.69) is 38.0 Å². The number of rotatable bonds is 9. The summed E-state index contributed by atoms with van der Waals surface area (Å²) >= 11 is 0. The maximum atomic E-state index is 12.9. The van der Waals surface area contributed by atoms with Gasteiger partial charge in [0.05, 0.1) is 23.0 Å². The van der Waals surface area contributed by atoms with Crippen molar-refractivity contribution in [2.24, 2.45) is 13.0 Å². The number of nitrogens with one attached hydrogen (secondary N) is 1. The minimum atomic E-state index is -0.690. The zero-order valence-electron chi connectivity index (χ0n) is 21.1. The van der Waals surface area contributed by atoms with Crippen LogP contribution in [0.15, 0.2) is 12.3 Å². The van der Waals surface area contributed by atoms with Gasteiger partial charge in [-0.1, -0.05) is 0 Å². The van der Waals surface area contributed by atoms with Crippen molar-refractivity contribution in [1.82, 2.24) is 29.9 Å². The molecule has 3 aromatic rings. The van der Waals surface area contributed by atoms with Crippen LogP contribution in [0.1, 0.15) is 61.2 Å². The number of amides is 1. The smallest absolute Gasteiger partial charge is 0.220 e. The van der Waals surface area contributed by atoms with Gasteiger partial charge in [0.15, 0.2) is 5.65 Å². The number of aryl methyl sites for hydroxylation is 4. The van der Waals surface area contributed by atoms with Crippen molar-refractivity contribution in [2.45, 2.75) is 78.1 Å². The molecule has 2 aliphatic rings. The predicted octanol–water partition coefficient (Wildman–Crippen LogP) is 3.77.